The second-order valence-corrected chi connectivity index (χ2v) is 8.04. The zero-order valence-corrected chi connectivity index (χ0v) is 12.2. The van der Waals surface area contributed by atoms with Gasteiger partial charge in [0.25, 0.3) is 5.91 Å². The van der Waals surface area contributed by atoms with Crippen molar-refractivity contribution in [2.45, 2.75) is 25.7 Å². The monoisotopic (exact) mass is 293 g/mol. The molecule has 1 amide bonds. The molecule has 1 aromatic rings. The molecule has 1 aromatic carbocycles. The average molecular weight is 293 g/mol. The van der Waals surface area contributed by atoms with Crippen molar-refractivity contribution in [3.63, 3.8) is 0 Å². The number of sulfone groups is 1. The molecule has 3 rings (SSSR count). The summed E-state index contributed by atoms with van der Waals surface area (Å²) in [6.07, 6.45) is 3.99. The summed E-state index contributed by atoms with van der Waals surface area (Å²) in [4.78, 5) is 12.1. The molecule has 0 bridgehead atoms. The maximum Gasteiger partial charge on any atom is 0.251 e. The lowest BCUT2D eigenvalue weighted by molar-refractivity contribution is 0.0948. The Balaban J connectivity index is 1.60. The fraction of sp³-hybridized carbons (Fsp3) is 0.533. The summed E-state index contributed by atoms with van der Waals surface area (Å²) >= 11 is 0. The Morgan fingerprint density at radius 1 is 1.25 bits per heavy atom. The minimum atomic E-state index is -2.87. The van der Waals surface area contributed by atoms with Crippen LogP contribution in [0.2, 0.25) is 0 Å². The van der Waals surface area contributed by atoms with E-state index in [1.807, 2.05) is 18.2 Å². The van der Waals surface area contributed by atoms with Crippen LogP contribution in [0.1, 0.15) is 34.3 Å². The number of benzene rings is 1. The van der Waals surface area contributed by atoms with Crippen LogP contribution in [0.5, 0.6) is 0 Å². The summed E-state index contributed by atoms with van der Waals surface area (Å²) in [6.45, 7) is 0.454. The molecule has 2 aliphatic rings. The van der Waals surface area contributed by atoms with E-state index in [9.17, 15) is 13.2 Å². The van der Waals surface area contributed by atoms with Gasteiger partial charge in [0.2, 0.25) is 0 Å². The topological polar surface area (TPSA) is 63.2 Å². The number of hydrogen-bond acceptors (Lipinski definition) is 3. The number of rotatable bonds is 3. The molecule has 1 heterocycles. The van der Waals surface area contributed by atoms with Crippen molar-refractivity contribution >= 4 is 15.7 Å². The van der Waals surface area contributed by atoms with E-state index in [0.29, 0.717) is 18.5 Å². The largest absolute Gasteiger partial charge is 0.352 e. The highest BCUT2D eigenvalue weighted by Crippen LogP contribution is 2.23. The first-order chi connectivity index (χ1) is 9.53. The van der Waals surface area contributed by atoms with Crippen LogP contribution >= 0.6 is 0 Å². The first kappa shape index (κ1) is 13.6. The summed E-state index contributed by atoms with van der Waals surface area (Å²) in [5, 5.41) is 2.87. The van der Waals surface area contributed by atoms with Crippen LogP contribution in [0.3, 0.4) is 0 Å². The summed E-state index contributed by atoms with van der Waals surface area (Å²) in [7, 11) is -2.87. The Hall–Kier alpha value is -1.36. The highest BCUT2D eigenvalue weighted by molar-refractivity contribution is 7.91. The lowest BCUT2D eigenvalue weighted by Gasteiger charge is -2.10. The molecule has 4 nitrogen and oxygen atoms in total. The van der Waals surface area contributed by atoms with Crippen molar-refractivity contribution in [3.8, 4) is 0 Å². The molecule has 0 saturated carbocycles. The third kappa shape index (κ3) is 2.87. The molecule has 1 aliphatic carbocycles. The number of amides is 1. The highest BCUT2D eigenvalue weighted by Gasteiger charge is 2.28. The number of carbonyl (C=O) groups is 1. The van der Waals surface area contributed by atoms with Crippen molar-refractivity contribution in [1.29, 1.82) is 0 Å². The number of fused-ring (bicyclic) bond motifs is 1. The first-order valence-corrected chi connectivity index (χ1v) is 8.96. The van der Waals surface area contributed by atoms with E-state index in [4.69, 9.17) is 0 Å². The summed E-state index contributed by atoms with van der Waals surface area (Å²) in [5.74, 6) is 0.437. The molecule has 5 heteroatoms. The van der Waals surface area contributed by atoms with Gasteiger partial charge >= 0.3 is 0 Å². The van der Waals surface area contributed by atoms with E-state index in [1.54, 1.807) is 0 Å². The standard InChI is InChI=1S/C15H19NO3S/c17-15(16-9-11-6-7-20(18,19)10-11)14-5-4-12-2-1-3-13(12)8-14/h4-5,8,11H,1-3,6-7,9-10H2,(H,16,17)/t11-/m1/s1. The van der Waals surface area contributed by atoms with E-state index in [2.05, 4.69) is 5.32 Å². The molecular weight excluding hydrogens is 274 g/mol. The van der Waals surface area contributed by atoms with Crippen LogP contribution in [-0.4, -0.2) is 32.4 Å². The molecule has 0 unspecified atom stereocenters. The van der Waals surface area contributed by atoms with Gasteiger partial charge in [0.05, 0.1) is 11.5 Å². The Morgan fingerprint density at radius 3 is 2.80 bits per heavy atom. The van der Waals surface area contributed by atoms with Gasteiger partial charge in [0, 0.05) is 12.1 Å². The van der Waals surface area contributed by atoms with E-state index >= 15 is 0 Å². The maximum absolute atomic E-state index is 12.1. The van der Waals surface area contributed by atoms with Crippen LogP contribution in [-0.2, 0) is 22.7 Å². The number of aryl methyl sites for hydroxylation is 2. The van der Waals surface area contributed by atoms with E-state index < -0.39 is 9.84 Å². The molecule has 1 saturated heterocycles. The van der Waals surface area contributed by atoms with Gasteiger partial charge in [-0.2, -0.15) is 0 Å². The van der Waals surface area contributed by atoms with Crippen molar-refractivity contribution in [3.05, 3.63) is 34.9 Å². The van der Waals surface area contributed by atoms with Gasteiger partial charge in [0.1, 0.15) is 0 Å². The predicted octanol–water partition coefficient (Wildman–Crippen LogP) is 1.34. The third-order valence-electron chi connectivity index (χ3n) is 4.24. The van der Waals surface area contributed by atoms with Crippen molar-refractivity contribution in [2.75, 3.05) is 18.1 Å². The fourth-order valence-electron chi connectivity index (χ4n) is 3.09. The minimum Gasteiger partial charge on any atom is -0.352 e. The lowest BCUT2D eigenvalue weighted by Crippen LogP contribution is -2.29. The fourth-order valence-corrected chi connectivity index (χ4v) is 4.95. The molecule has 108 valence electrons. The average Bonchev–Trinajstić information content (AvgIpc) is 3.01. The molecule has 1 aliphatic heterocycles. The van der Waals surface area contributed by atoms with Gasteiger partial charge in [-0.1, -0.05) is 6.07 Å². The quantitative estimate of drug-likeness (QED) is 0.914. The maximum atomic E-state index is 12.1. The molecule has 1 N–H and O–H groups in total. The second kappa shape index (κ2) is 5.20. The third-order valence-corrected chi connectivity index (χ3v) is 6.08. The second-order valence-electron chi connectivity index (χ2n) is 5.82. The van der Waals surface area contributed by atoms with Gasteiger partial charge in [-0.05, 0) is 54.9 Å². The number of hydrogen-bond donors (Lipinski definition) is 1. The smallest absolute Gasteiger partial charge is 0.251 e. The van der Waals surface area contributed by atoms with Crippen molar-refractivity contribution < 1.29 is 13.2 Å². The zero-order valence-electron chi connectivity index (χ0n) is 11.4. The number of nitrogens with one attached hydrogen (secondary N) is 1. The Bertz CT molecular complexity index is 637. The zero-order chi connectivity index (χ0) is 14.2. The van der Waals surface area contributed by atoms with E-state index in [1.165, 1.54) is 17.5 Å². The van der Waals surface area contributed by atoms with Gasteiger partial charge < -0.3 is 5.32 Å². The van der Waals surface area contributed by atoms with E-state index in [0.717, 1.165) is 12.8 Å². The van der Waals surface area contributed by atoms with Crippen LogP contribution in [0.25, 0.3) is 0 Å². The van der Waals surface area contributed by atoms with Crippen LogP contribution in [0.15, 0.2) is 18.2 Å². The van der Waals surface area contributed by atoms with Gasteiger partial charge in [0.15, 0.2) is 9.84 Å². The normalized spacial score (nSPS) is 23.5. The predicted molar refractivity (Wildman–Crippen MR) is 77.6 cm³/mol. The molecule has 0 spiro atoms. The highest BCUT2D eigenvalue weighted by atomic mass is 32.2. The first-order valence-electron chi connectivity index (χ1n) is 7.14. The van der Waals surface area contributed by atoms with E-state index in [-0.39, 0.29) is 23.3 Å². The van der Waals surface area contributed by atoms with Crippen LogP contribution < -0.4 is 5.32 Å². The van der Waals surface area contributed by atoms with Gasteiger partial charge in [-0.3, -0.25) is 4.79 Å². The van der Waals surface area contributed by atoms with Crippen LogP contribution in [0, 0.1) is 5.92 Å². The number of carbonyl (C=O) groups excluding carboxylic acids is 1. The van der Waals surface area contributed by atoms with Gasteiger partial charge in [-0.25, -0.2) is 8.42 Å². The summed E-state index contributed by atoms with van der Waals surface area (Å²) in [5.41, 5.74) is 3.32. The minimum absolute atomic E-state index is 0.0679. The lowest BCUT2D eigenvalue weighted by atomic mass is 10.1. The van der Waals surface area contributed by atoms with Crippen molar-refractivity contribution in [1.82, 2.24) is 5.32 Å². The Morgan fingerprint density at radius 2 is 2.05 bits per heavy atom. The van der Waals surface area contributed by atoms with Crippen molar-refractivity contribution in [2.24, 2.45) is 5.92 Å². The molecule has 1 fully saturated rings. The Kier molecular flexibility index (Phi) is 3.54. The molecule has 20 heavy (non-hydrogen) atoms. The SMILES string of the molecule is O=C(NC[C@H]1CCS(=O)(=O)C1)c1ccc2c(c1)CCC2. The molecule has 0 aromatic heterocycles. The molecular formula is C15H19NO3S. The Labute approximate surface area is 119 Å². The van der Waals surface area contributed by atoms with Crippen LogP contribution in [0.4, 0.5) is 0 Å². The summed E-state index contributed by atoms with van der Waals surface area (Å²) < 4.78 is 22.7. The summed E-state index contributed by atoms with van der Waals surface area (Å²) in [6, 6.07) is 5.88. The molecule has 0 radical (unpaired) electrons. The molecule has 1 atom stereocenters. The van der Waals surface area contributed by atoms with Gasteiger partial charge in [-0.15, -0.1) is 0 Å².